The molecule has 0 saturated carbocycles. The quantitative estimate of drug-likeness (QED) is 0.410. The van der Waals surface area contributed by atoms with E-state index in [0.29, 0.717) is 5.56 Å². The summed E-state index contributed by atoms with van der Waals surface area (Å²) in [4.78, 5) is 40.4. The summed E-state index contributed by atoms with van der Waals surface area (Å²) in [6.07, 6.45) is 5.25. The van der Waals surface area contributed by atoms with E-state index in [1.165, 1.54) is 0 Å². The number of ether oxygens (including phenoxy) is 1. The van der Waals surface area contributed by atoms with E-state index in [2.05, 4.69) is 16.7 Å². The summed E-state index contributed by atoms with van der Waals surface area (Å²) in [7, 11) is 0. The summed E-state index contributed by atoms with van der Waals surface area (Å²) in [5.41, 5.74) is -0.664. The highest BCUT2D eigenvalue weighted by Gasteiger charge is 2.38. The van der Waals surface area contributed by atoms with Crippen molar-refractivity contribution in [3.63, 3.8) is 0 Å². The molecule has 2 unspecified atom stereocenters. The number of rotatable bonds is 7. The lowest BCUT2D eigenvalue weighted by atomic mass is 9.97. The topological polar surface area (TPSA) is 108 Å². The van der Waals surface area contributed by atoms with Crippen molar-refractivity contribution in [2.45, 2.75) is 92.0 Å². The third-order valence-electron chi connectivity index (χ3n) is 4.64. The summed E-state index contributed by atoms with van der Waals surface area (Å²) in [5.74, 6) is -1.32. The van der Waals surface area contributed by atoms with Crippen LogP contribution in [0.1, 0.15) is 79.0 Å². The molecule has 0 heterocycles. The average molecular weight is 474 g/mol. The van der Waals surface area contributed by atoms with Crippen LogP contribution in [0.3, 0.4) is 0 Å². The van der Waals surface area contributed by atoms with Crippen molar-refractivity contribution >= 4 is 17.9 Å². The Hall–Kier alpha value is -3.21. The van der Waals surface area contributed by atoms with E-state index < -0.39 is 41.1 Å². The first-order chi connectivity index (χ1) is 15.5. The Morgan fingerprint density at radius 2 is 1.74 bits per heavy atom. The second kappa shape index (κ2) is 11.3. The number of amides is 3. The molecule has 0 radical (unpaired) electrons. The number of phenolic OH excluding ortho intramolecular Hbond substituents is 1. The van der Waals surface area contributed by atoms with Gasteiger partial charge < -0.3 is 20.5 Å². The number of aryl methyl sites for hydroxylation is 1. The number of alkyl carbamates (subject to hydrolysis) is 1. The van der Waals surface area contributed by atoms with Crippen molar-refractivity contribution in [1.82, 2.24) is 15.5 Å². The number of carbonyl (C=O) groups is 3. The van der Waals surface area contributed by atoms with Crippen molar-refractivity contribution in [1.29, 1.82) is 0 Å². The van der Waals surface area contributed by atoms with Crippen LogP contribution in [0.2, 0.25) is 0 Å². The van der Waals surface area contributed by atoms with Crippen molar-refractivity contribution in [2.75, 3.05) is 0 Å². The minimum Gasteiger partial charge on any atom is -0.507 e. The number of carbonyl (C=O) groups excluding carboxylic acids is 3. The molecule has 8 heteroatoms. The first kappa shape index (κ1) is 28.8. The Balaban J connectivity index is 3.49. The van der Waals surface area contributed by atoms with Crippen LogP contribution >= 0.6 is 0 Å². The molecule has 1 aromatic rings. The van der Waals surface area contributed by atoms with Crippen molar-refractivity contribution in [3.8, 4) is 18.2 Å². The maximum Gasteiger partial charge on any atom is 0.408 e. The third kappa shape index (κ3) is 8.62. The molecule has 8 nitrogen and oxygen atoms in total. The Bertz CT molecular complexity index is 935. The lowest BCUT2D eigenvalue weighted by molar-refractivity contribution is -0.139. The molecule has 0 aliphatic heterocycles. The lowest BCUT2D eigenvalue weighted by Crippen LogP contribution is -2.53. The van der Waals surface area contributed by atoms with Gasteiger partial charge in [-0.05, 0) is 66.4 Å². The fourth-order valence-corrected chi connectivity index (χ4v) is 3.31. The van der Waals surface area contributed by atoms with Gasteiger partial charge in [-0.15, -0.1) is 0 Å². The number of phenols is 1. The maximum absolute atomic E-state index is 13.6. The van der Waals surface area contributed by atoms with Crippen LogP contribution in [-0.2, 0) is 14.3 Å². The molecule has 34 heavy (non-hydrogen) atoms. The summed E-state index contributed by atoms with van der Waals surface area (Å²) in [6, 6.07) is 4.86. The summed E-state index contributed by atoms with van der Waals surface area (Å²) >= 11 is 0. The normalized spacial score (nSPS) is 13.4. The molecule has 2 atom stereocenters. The predicted molar refractivity (Wildman–Crippen MR) is 132 cm³/mol. The number of hydrogen-bond acceptors (Lipinski definition) is 5. The molecule has 3 amide bonds. The number of hydrogen-bond donors (Lipinski definition) is 3. The molecule has 0 bridgehead atoms. The zero-order valence-electron chi connectivity index (χ0n) is 21.8. The largest absolute Gasteiger partial charge is 0.507 e. The first-order valence-corrected chi connectivity index (χ1v) is 11.4. The van der Waals surface area contributed by atoms with E-state index in [9.17, 15) is 19.5 Å². The molecule has 0 saturated heterocycles. The fourth-order valence-electron chi connectivity index (χ4n) is 3.31. The SMILES string of the molecule is C#CN(C(=O)C(CC(C)C)NC(=O)OC(C)(C)C)C(C(=O)NC(C)(C)C)c1cccc(C)c1O. The van der Waals surface area contributed by atoms with E-state index in [-0.39, 0.29) is 23.7 Å². The highest BCUT2D eigenvalue weighted by atomic mass is 16.6. The van der Waals surface area contributed by atoms with Gasteiger partial charge in [0.2, 0.25) is 5.91 Å². The molecule has 188 valence electrons. The van der Waals surface area contributed by atoms with Gasteiger partial charge in [-0.3, -0.25) is 14.5 Å². The van der Waals surface area contributed by atoms with Gasteiger partial charge in [-0.1, -0.05) is 38.5 Å². The minimum absolute atomic E-state index is 0.0257. The monoisotopic (exact) mass is 473 g/mol. The predicted octanol–water partition coefficient (Wildman–Crippen LogP) is 4.02. The lowest BCUT2D eigenvalue weighted by Gasteiger charge is -2.33. The van der Waals surface area contributed by atoms with Gasteiger partial charge in [0.15, 0.2) is 6.04 Å². The molecule has 1 aromatic carbocycles. The smallest absolute Gasteiger partial charge is 0.408 e. The number of para-hydroxylation sites is 1. The molecule has 0 aromatic heterocycles. The summed E-state index contributed by atoms with van der Waals surface area (Å²) < 4.78 is 5.31. The van der Waals surface area contributed by atoms with Gasteiger partial charge in [0, 0.05) is 17.1 Å². The van der Waals surface area contributed by atoms with Crippen LogP contribution in [0.5, 0.6) is 5.75 Å². The van der Waals surface area contributed by atoms with E-state index in [4.69, 9.17) is 11.2 Å². The average Bonchev–Trinajstić information content (AvgIpc) is 2.64. The van der Waals surface area contributed by atoms with Gasteiger partial charge in [0.05, 0.1) is 0 Å². The Kier molecular flexibility index (Phi) is 9.56. The van der Waals surface area contributed by atoms with Crippen LogP contribution in [0.15, 0.2) is 18.2 Å². The van der Waals surface area contributed by atoms with E-state index in [1.807, 2.05) is 13.8 Å². The number of terminal acetylenes is 1. The molecule has 1 rings (SSSR count). The number of benzene rings is 1. The Morgan fingerprint density at radius 1 is 1.15 bits per heavy atom. The zero-order valence-corrected chi connectivity index (χ0v) is 21.8. The third-order valence-corrected chi connectivity index (χ3v) is 4.64. The highest BCUT2D eigenvalue weighted by molar-refractivity contribution is 5.94. The second-order valence-corrected chi connectivity index (χ2v) is 10.8. The summed E-state index contributed by atoms with van der Waals surface area (Å²) in [6.45, 7) is 16.0. The highest BCUT2D eigenvalue weighted by Crippen LogP contribution is 2.32. The maximum atomic E-state index is 13.6. The number of nitrogens with zero attached hydrogens (tertiary/aromatic N) is 1. The van der Waals surface area contributed by atoms with Gasteiger partial charge >= 0.3 is 6.09 Å². The summed E-state index contributed by atoms with van der Waals surface area (Å²) in [5, 5.41) is 16.2. The van der Waals surface area contributed by atoms with Crippen LogP contribution in [0, 0.1) is 25.3 Å². The Morgan fingerprint density at radius 3 is 2.21 bits per heavy atom. The van der Waals surface area contributed by atoms with Crippen LogP contribution < -0.4 is 10.6 Å². The number of aromatic hydroxyl groups is 1. The minimum atomic E-state index is -1.31. The van der Waals surface area contributed by atoms with Crippen molar-refractivity contribution in [3.05, 3.63) is 29.3 Å². The Labute approximate surface area is 203 Å². The second-order valence-electron chi connectivity index (χ2n) is 10.8. The van der Waals surface area contributed by atoms with Crippen molar-refractivity contribution in [2.24, 2.45) is 5.92 Å². The zero-order chi connectivity index (χ0) is 26.4. The van der Waals surface area contributed by atoms with Gasteiger partial charge in [-0.25, -0.2) is 4.79 Å². The first-order valence-electron chi connectivity index (χ1n) is 11.4. The van der Waals surface area contributed by atoms with Crippen LogP contribution in [0.25, 0.3) is 0 Å². The van der Waals surface area contributed by atoms with Crippen molar-refractivity contribution < 1.29 is 24.2 Å². The van der Waals surface area contributed by atoms with Gasteiger partial charge in [0.25, 0.3) is 5.91 Å². The van der Waals surface area contributed by atoms with Crippen LogP contribution in [0.4, 0.5) is 4.79 Å². The molecular weight excluding hydrogens is 434 g/mol. The molecular formula is C26H39N3O5. The fraction of sp³-hybridized carbons (Fsp3) is 0.577. The van der Waals surface area contributed by atoms with Crippen LogP contribution in [-0.4, -0.2) is 45.1 Å². The van der Waals surface area contributed by atoms with Gasteiger partial charge in [0.1, 0.15) is 17.4 Å². The number of nitrogens with one attached hydrogen (secondary N) is 2. The molecule has 0 fully saturated rings. The van der Waals surface area contributed by atoms with E-state index in [1.54, 1.807) is 66.7 Å². The van der Waals surface area contributed by atoms with E-state index >= 15 is 0 Å². The molecule has 3 N–H and O–H groups in total. The van der Waals surface area contributed by atoms with Gasteiger partial charge in [-0.2, -0.15) is 0 Å². The van der Waals surface area contributed by atoms with E-state index in [0.717, 1.165) is 4.90 Å². The standard InChI is InChI=1S/C26H39N3O5/c1-11-29(23(32)19(15-16(2)3)27-24(33)34-26(8,9)10)20(22(31)28-25(5,6)7)18-14-12-13-17(4)21(18)30/h1,12-14,16,19-20,30H,15H2,2-10H3,(H,27,33)(H,28,31). The molecule has 0 spiro atoms. The molecule has 0 aliphatic carbocycles. The molecule has 0 aliphatic rings.